The van der Waals surface area contributed by atoms with Crippen LogP contribution in [0.15, 0.2) is 42.5 Å². The van der Waals surface area contributed by atoms with Crippen molar-refractivity contribution in [2.45, 2.75) is 25.2 Å². The second kappa shape index (κ2) is 5.04. The molecule has 4 rings (SSSR count). The fraction of sp³-hybridized carbons (Fsp3) is 0.250. The smallest absolute Gasteiger partial charge is 0.238 e. The lowest BCUT2D eigenvalue weighted by Crippen LogP contribution is -2.47. The number of pyridine rings is 1. The number of hydrogen-bond acceptors (Lipinski definition) is 3. The topological polar surface area (TPSA) is 57.0 Å². The Morgan fingerprint density at radius 1 is 1.17 bits per heavy atom. The molecule has 0 bridgehead atoms. The number of benzene rings is 2. The normalized spacial score (nSPS) is 19.7. The third-order valence-corrected chi connectivity index (χ3v) is 5.10. The second-order valence-electron chi connectivity index (χ2n) is 6.53. The van der Waals surface area contributed by atoms with E-state index in [0.29, 0.717) is 12.8 Å². The van der Waals surface area contributed by atoms with Gasteiger partial charge in [-0.05, 0) is 30.9 Å². The average molecular weight is 315 g/mol. The van der Waals surface area contributed by atoms with Crippen LogP contribution in [0.4, 0.5) is 5.69 Å². The molecule has 0 fully saturated rings. The number of aromatic nitrogens is 1. The molecule has 3 aromatic rings. The van der Waals surface area contributed by atoms with Gasteiger partial charge < -0.3 is 4.90 Å². The number of likely N-dealkylation sites (N-methyl/N-ethyl adjacent to an activating group) is 1. The molecule has 0 N–H and O–H groups in total. The van der Waals surface area contributed by atoms with E-state index >= 15 is 0 Å². The van der Waals surface area contributed by atoms with E-state index < -0.39 is 5.41 Å². The first-order chi connectivity index (χ1) is 11.6. The molecular weight excluding hydrogens is 298 g/mol. The molecular formula is C20H17N3O. The van der Waals surface area contributed by atoms with Crippen molar-refractivity contribution in [1.82, 2.24) is 4.98 Å². The fourth-order valence-electron chi connectivity index (χ4n) is 3.78. The molecule has 1 aromatic heterocycles. The van der Waals surface area contributed by atoms with Gasteiger partial charge in [0.15, 0.2) is 0 Å². The van der Waals surface area contributed by atoms with Crippen LogP contribution in [-0.2, 0) is 10.2 Å². The van der Waals surface area contributed by atoms with Crippen LogP contribution < -0.4 is 4.90 Å². The summed E-state index contributed by atoms with van der Waals surface area (Å²) < 4.78 is 0. The zero-order chi connectivity index (χ0) is 16.9. The molecule has 4 heteroatoms. The lowest BCUT2D eigenvalue weighted by atomic mass is 9.75. The van der Waals surface area contributed by atoms with Crippen molar-refractivity contribution >= 4 is 33.3 Å². The molecule has 0 saturated carbocycles. The van der Waals surface area contributed by atoms with E-state index in [1.54, 1.807) is 11.9 Å². The lowest BCUT2D eigenvalue weighted by molar-refractivity contribution is -0.123. The molecule has 1 aliphatic rings. The minimum Gasteiger partial charge on any atom is -0.314 e. The van der Waals surface area contributed by atoms with Gasteiger partial charge in [0.25, 0.3) is 0 Å². The van der Waals surface area contributed by atoms with E-state index in [1.807, 2.05) is 37.3 Å². The SMILES string of the molecule is CN1C(=O)C(C)(CCC#N)c2nc3ccccc3c3cccc1c23. The van der Waals surface area contributed by atoms with E-state index in [9.17, 15) is 4.79 Å². The molecule has 0 spiro atoms. The van der Waals surface area contributed by atoms with Crippen molar-refractivity contribution in [2.24, 2.45) is 0 Å². The quantitative estimate of drug-likeness (QED) is 0.673. The number of amides is 1. The largest absolute Gasteiger partial charge is 0.314 e. The van der Waals surface area contributed by atoms with Crippen molar-refractivity contribution in [3.8, 4) is 6.07 Å². The minimum absolute atomic E-state index is 0.000492. The molecule has 1 atom stereocenters. The van der Waals surface area contributed by atoms with E-state index in [2.05, 4.69) is 18.2 Å². The zero-order valence-electron chi connectivity index (χ0n) is 13.7. The number of hydrogen-bond donors (Lipinski definition) is 0. The summed E-state index contributed by atoms with van der Waals surface area (Å²) in [6.45, 7) is 1.91. The van der Waals surface area contributed by atoms with Crippen LogP contribution in [0.5, 0.6) is 0 Å². The minimum atomic E-state index is -0.777. The molecule has 24 heavy (non-hydrogen) atoms. The predicted molar refractivity (Wildman–Crippen MR) is 94.9 cm³/mol. The number of anilines is 1. The summed E-state index contributed by atoms with van der Waals surface area (Å²) >= 11 is 0. The van der Waals surface area contributed by atoms with Gasteiger partial charge in [-0.25, -0.2) is 0 Å². The first-order valence-corrected chi connectivity index (χ1v) is 8.05. The summed E-state index contributed by atoms with van der Waals surface area (Å²) in [5.41, 5.74) is 1.80. The Labute approximate surface area is 140 Å². The van der Waals surface area contributed by atoms with E-state index in [-0.39, 0.29) is 5.91 Å². The number of fused-ring (bicyclic) bond motifs is 2. The Hall–Kier alpha value is -2.93. The van der Waals surface area contributed by atoms with Gasteiger partial charge in [0.05, 0.1) is 28.4 Å². The Morgan fingerprint density at radius 2 is 1.92 bits per heavy atom. The van der Waals surface area contributed by atoms with Crippen LogP contribution in [0.1, 0.15) is 25.5 Å². The van der Waals surface area contributed by atoms with Crippen molar-refractivity contribution in [3.05, 3.63) is 48.2 Å². The Kier molecular flexibility index (Phi) is 3.07. The van der Waals surface area contributed by atoms with E-state index in [4.69, 9.17) is 10.2 Å². The van der Waals surface area contributed by atoms with Gasteiger partial charge in [-0.15, -0.1) is 0 Å². The molecule has 4 nitrogen and oxygen atoms in total. The number of para-hydroxylation sites is 1. The molecule has 1 unspecified atom stereocenters. The van der Waals surface area contributed by atoms with Crippen molar-refractivity contribution in [2.75, 3.05) is 11.9 Å². The molecule has 1 amide bonds. The molecule has 2 heterocycles. The van der Waals surface area contributed by atoms with E-state index in [1.165, 1.54) is 0 Å². The molecule has 2 aromatic carbocycles. The van der Waals surface area contributed by atoms with Crippen LogP contribution in [0.3, 0.4) is 0 Å². The first-order valence-electron chi connectivity index (χ1n) is 8.05. The molecule has 118 valence electrons. The third-order valence-electron chi connectivity index (χ3n) is 5.10. The summed E-state index contributed by atoms with van der Waals surface area (Å²) in [7, 11) is 1.81. The number of carbonyl (C=O) groups is 1. The number of nitrogens with zero attached hydrogens (tertiary/aromatic N) is 3. The maximum atomic E-state index is 13.1. The summed E-state index contributed by atoms with van der Waals surface area (Å²) in [5.74, 6) is 0.000492. The monoisotopic (exact) mass is 315 g/mol. The predicted octanol–water partition coefficient (Wildman–Crippen LogP) is 3.93. The molecule has 0 radical (unpaired) electrons. The van der Waals surface area contributed by atoms with E-state index in [0.717, 1.165) is 33.1 Å². The van der Waals surface area contributed by atoms with Gasteiger partial charge in [-0.3, -0.25) is 9.78 Å². The third kappa shape index (κ3) is 1.78. The first kappa shape index (κ1) is 14.6. The van der Waals surface area contributed by atoms with Crippen LogP contribution in [0.25, 0.3) is 21.7 Å². The zero-order valence-corrected chi connectivity index (χ0v) is 13.7. The molecule has 1 aliphatic heterocycles. The maximum Gasteiger partial charge on any atom is 0.238 e. The second-order valence-corrected chi connectivity index (χ2v) is 6.53. The van der Waals surface area contributed by atoms with Gasteiger partial charge in [-0.1, -0.05) is 30.3 Å². The highest BCUT2D eigenvalue weighted by molar-refractivity contribution is 6.19. The van der Waals surface area contributed by atoms with Crippen molar-refractivity contribution in [1.29, 1.82) is 5.26 Å². The van der Waals surface area contributed by atoms with Crippen molar-refractivity contribution < 1.29 is 4.79 Å². The highest BCUT2D eigenvalue weighted by Gasteiger charge is 2.44. The van der Waals surface area contributed by atoms with Gasteiger partial charge in [0.2, 0.25) is 5.91 Å². The number of carbonyl (C=O) groups excluding carboxylic acids is 1. The van der Waals surface area contributed by atoms with Gasteiger partial charge in [0, 0.05) is 24.2 Å². The highest BCUT2D eigenvalue weighted by atomic mass is 16.2. The van der Waals surface area contributed by atoms with Crippen molar-refractivity contribution in [3.63, 3.8) is 0 Å². The summed E-state index contributed by atoms with van der Waals surface area (Å²) in [6, 6.07) is 16.2. The number of rotatable bonds is 2. The molecule has 0 saturated heterocycles. The summed E-state index contributed by atoms with van der Waals surface area (Å²) in [4.78, 5) is 19.6. The lowest BCUT2D eigenvalue weighted by Gasteiger charge is -2.38. The summed E-state index contributed by atoms with van der Waals surface area (Å²) in [5, 5.41) is 12.2. The van der Waals surface area contributed by atoms with Crippen LogP contribution in [-0.4, -0.2) is 17.9 Å². The Bertz CT molecular complexity index is 1030. The Balaban J connectivity index is 2.17. The number of nitriles is 1. The average Bonchev–Trinajstić information content (AvgIpc) is 2.62. The maximum absolute atomic E-state index is 13.1. The van der Waals surface area contributed by atoms with Gasteiger partial charge in [0.1, 0.15) is 0 Å². The Morgan fingerprint density at radius 3 is 2.71 bits per heavy atom. The molecule has 0 aliphatic carbocycles. The standard InChI is InChI=1S/C20H17N3O/c1-20(11-6-12-21)18-17-14(13-7-3-4-9-15(13)22-18)8-5-10-16(17)23(2)19(20)24/h3-5,7-10H,6,11H2,1-2H3. The van der Waals surface area contributed by atoms with Crippen LogP contribution in [0.2, 0.25) is 0 Å². The van der Waals surface area contributed by atoms with Gasteiger partial charge in [-0.2, -0.15) is 5.26 Å². The fourth-order valence-corrected chi connectivity index (χ4v) is 3.78. The highest BCUT2D eigenvalue weighted by Crippen LogP contribution is 2.45. The van der Waals surface area contributed by atoms with Gasteiger partial charge >= 0.3 is 0 Å². The van der Waals surface area contributed by atoms with Crippen LogP contribution in [0, 0.1) is 11.3 Å². The van der Waals surface area contributed by atoms with Crippen LogP contribution >= 0.6 is 0 Å². The summed E-state index contributed by atoms with van der Waals surface area (Å²) in [6.07, 6.45) is 0.801.